The van der Waals surface area contributed by atoms with Crippen molar-refractivity contribution in [1.29, 1.82) is 5.26 Å². The minimum atomic E-state index is -0.173. The van der Waals surface area contributed by atoms with Crippen LogP contribution >= 0.6 is 23.5 Å². The van der Waals surface area contributed by atoms with Crippen LogP contribution in [0.5, 0.6) is 0 Å². The van der Waals surface area contributed by atoms with E-state index >= 15 is 0 Å². The summed E-state index contributed by atoms with van der Waals surface area (Å²) in [6.45, 7) is 0. The monoisotopic (exact) mass is 366 g/mol. The number of hydrogen-bond donors (Lipinski definition) is 1. The molecule has 0 saturated heterocycles. The minimum absolute atomic E-state index is 0.0338. The standard InChI is InChI=1S/C20H18N2OS2/c1-24-16-9-7-15(8-10-16)17-11-19(23)22-20(18(17)12-21)25-13-14-5-3-2-4-6-14/h2-10,17H,11,13H2,1H3,(H,22,23)/t17-/m1/s1. The summed E-state index contributed by atoms with van der Waals surface area (Å²) in [6.07, 6.45) is 2.35. The van der Waals surface area contributed by atoms with Crippen molar-refractivity contribution >= 4 is 29.4 Å². The maximum Gasteiger partial charge on any atom is 0.225 e. The van der Waals surface area contributed by atoms with E-state index in [0.29, 0.717) is 17.0 Å². The molecule has 3 nitrogen and oxygen atoms in total. The van der Waals surface area contributed by atoms with Gasteiger partial charge in [0.2, 0.25) is 5.91 Å². The zero-order chi connectivity index (χ0) is 17.6. The van der Waals surface area contributed by atoms with Gasteiger partial charge < -0.3 is 5.32 Å². The summed E-state index contributed by atoms with van der Waals surface area (Å²) in [7, 11) is 0. The van der Waals surface area contributed by atoms with E-state index in [1.165, 1.54) is 16.7 Å². The Balaban J connectivity index is 1.87. The lowest BCUT2D eigenvalue weighted by molar-refractivity contribution is -0.120. The van der Waals surface area contributed by atoms with Crippen LogP contribution in [-0.4, -0.2) is 12.2 Å². The highest BCUT2D eigenvalue weighted by molar-refractivity contribution is 8.02. The summed E-state index contributed by atoms with van der Waals surface area (Å²) in [5.41, 5.74) is 2.83. The van der Waals surface area contributed by atoms with Gasteiger partial charge in [0.15, 0.2) is 0 Å². The molecule has 0 spiro atoms. The van der Waals surface area contributed by atoms with E-state index in [-0.39, 0.29) is 11.8 Å². The van der Waals surface area contributed by atoms with E-state index in [1.807, 2.05) is 60.9 Å². The first-order valence-corrected chi connectivity index (χ1v) is 10.2. The Kier molecular flexibility index (Phi) is 5.85. The van der Waals surface area contributed by atoms with Gasteiger partial charge in [-0.1, -0.05) is 42.5 Å². The van der Waals surface area contributed by atoms with Crippen molar-refractivity contribution in [3.8, 4) is 6.07 Å². The Labute approximate surface area is 156 Å². The van der Waals surface area contributed by atoms with Crippen molar-refractivity contribution in [3.05, 3.63) is 76.3 Å². The molecule has 1 aliphatic heterocycles. The van der Waals surface area contributed by atoms with E-state index in [1.54, 1.807) is 11.8 Å². The molecule has 3 rings (SSSR count). The van der Waals surface area contributed by atoms with Gasteiger partial charge in [0.1, 0.15) is 0 Å². The molecule has 1 amide bonds. The molecular formula is C20H18N2OS2. The number of nitrogens with zero attached hydrogens (tertiary/aromatic N) is 1. The Bertz CT molecular complexity index is 823. The summed E-state index contributed by atoms with van der Waals surface area (Å²) in [5, 5.41) is 13.3. The summed E-state index contributed by atoms with van der Waals surface area (Å²) >= 11 is 3.19. The third kappa shape index (κ3) is 4.28. The number of rotatable bonds is 5. The average molecular weight is 367 g/mol. The van der Waals surface area contributed by atoms with Crippen LogP contribution in [0.4, 0.5) is 0 Å². The molecule has 126 valence electrons. The molecule has 1 heterocycles. The number of carbonyl (C=O) groups is 1. The predicted octanol–water partition coefficient (Wildman–Crippen LogP) is 4.68. The van der Waals surface area contributed by atoms with Gasteiger partial charge in [0, 0.05) is 23.0 Å². The van der Waals surface area contributed by atoms with Crippen molar-refractivity contribution in [2.45, 2.75) is 23.0 Å². The molecule has 0 bridgehead atoms. The number of allylic oxidation sites excluding steroid dienone is 1. The Morgan fingerprint density at radius 1 is 1.16 bits per heavy atom. The van der Waals surface area contributed by atoms with Gasteiger partial charge in [-0.25, -0.2) is 0 Å². The third-order valence-corrected chi connectivity index (χ3v) is 5.93. The smallest absolute Gasteiger partial charge is 0.225 e. The zero-order valence-corrected chi connectivity index (χ0v) is 15.5. The molecule has 1 aliphatic rings. The summed E-state index contributed by atoms with van der Waals surface area (Å²) in [5.74, 6) is 0.515. The van der Waals surface area contributed by atoms with Gasteiger partial charge in [0.25, 0.3) is 0 Å². The van der Waals surface area contributed by atoms with Gasteiger partial charge in [-0.3, -0.25) is 4.79 Å². The summed E-state index contributed by atoms with van der Waals surface area (Å²) < 4.78 is 0. The first-order chi connectivity index (χ1) is 12.2. The Morgan fingerprint density at radius 3 is 2.52 bits per heavy atom. The van der Waals surface area contributed by atoms with Crippen LogP contribution in [0, 0.1) is 11.3 Å². The SMILES string of the molecule is CSc1ccc([C@H]2CC(=O)NC(SCc3ccccc3)=C2C#N)cc1. The first kappa shape index (κ1) is 17.7. The molecule has 0 fully saturated rings. The number of nitriles is 1. The largest absolute Gasteiger partial charge is 0.320 e. The van der Waals surface area contributed by atoms with E-state index in [9.17, 15) is 10.1 Å². The van der Waals surface area contributed by atoms with Crippen LogP contribution < -0.4 is 5.32 Å². The molecule has 2 aromatic carbocycles. The van der Waals surface area contributed by atoms with Gasteiger partial charge in [0.05, 0.1) is 16.7 Å². The zero-order valence-electron chi connectivity index (χ0n) is 13.9. The molecule has 1 atom stereocenters. The van der Waals surface area contributed by atoms with Gasteiger partial charge in [-0.05, 0) is 29.5 Å². The number of carbonyl (C=O) groups excluding carboxylic acids is 1. The van der Waals surface area contributed by atoms with E-state index < -0.39 is 0 Å². The van der Waals surface area contributed by atoms with Crippen LogP contribution in [0.1, 0.15) is 23.5 Å². The molecule has 5 heteroatoms. The maximum absolute atomic E-state index is 12.2. The molecule has 0 aromatic heterocycles. The van der Waals surface area contributed by atoms with Crippen LogP contribution in [0.15, 0.2) is 70.1 Å². The maximum atomic E-state index is 12.2. The number of amides is 1. The van der Waals surface area contributed by atoms with Gasteiger partial charge in [-0.15, -0.1) is 23.5 Å². The van der Waals surface area contributed by atoms with Crippen LogP contribution in [0.25, 0.3) is 0 Å². The number of hydrogen-bond acceptors (Lipinski definition) is 4. The van der Waals surface area contributed by atoms with Crippen LogP contribution in [-0.2, 0) is 10.5 Å². The lowest BCUT2D eigenvalue weighted by Crippen LogP contribution is -2.30. The second-order valence-corrected chi connectivity index (χ2v) is 7.57. The van der Waals surface area contributed by atoms with Crippen molar-refractivity contribution < 1.29 is 4.79 Å². The van der Waals surface area contributed by atoms with Crippen molar-refractivity contribution in [2.24, 2.45) is 0 Å². The fraction of sp³-hybridized carbons (Fsp3) is 0.200. The number of thioether (sulfide) groups is 2. The minimum Gasteiger partial charge on any atom is -0.320 e. The van der Waals surface area contributed by atoms with Crippen molar-refractivity contribution in [1.82, 2.24) is 5.32 Å². The fourth-order valence-corrected chi connectivity index (χ4v) is 4.22. The fourth-order valence-electron chi connectivity index (χ4n) is 2.78. The quantitative estimate of drug-likeness (QED) is 0.781. The average Bonchev–Trinajstić information content (AvgIpc) is 2.66. The molecule has 0 radical (unpaired) electrons. The molecule has 1 N–H and O–H groups in total. The number of benzene rings is 2. The third-order valence-electron chi connectivity index (χ3n) is 4.10. The molecule has 25 heavy (non-hydrogen) atoms. The second kappa shape index (κ2) is 8.28. The Morgan fingerprint density at radius 2 is 1.88 bits per heavy atom. The van der Waals surface area contributed by atoms with E-state index in [2.05, 4.69) is 11.4 Å². The highest BCUT2D eigenvalue weighted by Gasteiger charge is 2.29. The summed E-state index contributed by atoms with van der Waals surface area (Å²) in [4.78, 5) is 13.4. The summed E-state index contributed by atoms with van der Waals surface area (Å²) in [6, 6.07) is 20.5. The van der Waals surface area contributed by atoms with Crippen molar-refractivity contribution in [2.75, 3.05) is 6.26 Å². The first-order valence-electron chi connectivity index (χ1n) is 7.96. The molecule has 0 saturated carbocycles. The van der Waals surface area contributed by atoms with Crippen LogP contribution in [0.3, 0.4) is 0 Å². The van der Waals surface area contributed by atoms with Crippen molar-refractivity contribution in [3.63, 3.8) is 0 Å². The van der Waals surface area contributed by atoms with E-state index in [0.717, 1.165) is 16.9 Å². The molecule has 0 unspecified atom stereocenters. The Hall–Kier alpha value is -2.16. The lowest BCUT2D eigenvalue weighted by atomic mass is 9.87. The number of nitrogens with one attached hydrogen (secondary N) is 1. The van der Waals surface area contributed by atoms with E-state index in [4.69, 9.17) is 0 Å². The molecule has 0 aliphatic carbocycles. The van der Waals surface area contributed by atoms with Gasteiger partial charge in [-0.2, -0.15) is 5.26 Å². The molecule has 2 aromatic rings. The highest BCUT2D eigenvalue weighted by atomic mass is 32.2. The topological polar surface area (TPSA) is 52.9 Å². The highest BCUT2D eigenvalue weighted by Crippen LogP contribution is 2.37. The normalized spacial score (nSPS) is 17.1. The predicted molar refractivity (Wildman–Crippen MR) is 104 cm³/mol. The lowest BCUT2D eigenvalue weighted by Gasteiger charge is -2.25. The molecular weight excluding hydrogens is 348 g/mol. The second-order valence-electron chi connectivity index (χ2n) is 5.71. The van der Waals surface area contributed by atoms with Gasteiger partial charge >= 0.3 is 0 Å². The van der Waals surface area contributed by atoms with Crippen LogP contribution in [0.2, 0.25) is 0 Å².